The number of nitrogens with one attached hydrogen (secondary N) is 2. The van der Waals surface area contributed by atoms with Gasteiger partial charge in [-0.15, -0.1) is 0 Å². The molecule has 0 aliphatic heterocycles. The Morgan fingerprint density at radius 2 is 1.83 bits per heavy atom. The highest BCUT2D eigenvalue weighted by Gasteiger charge is 2.16. The topological polar surface area (TPSA) is 41.1 Å². The van der Waals surface area contributed by atoms with Crippen molar-refractivity contribution in [2.45, 2.75) is 33.1 Å². The summed E-state index contributed by atoms with van der Waals surface area (Å²) in [5, 5.41) is 6.33. The summed E-state index contributed by atoms with van der Waals surface area (Å²) in [7, 11) is 0. The molecule has 0 saturated heterocycles. The molecule has 1 amide bonds. The van der Waals surface area contributed by atoms with Crippen LogP contribution < -0.4 is 10.6 Å². The summed E-state index contributed by atoms with van der Waals surface area (Å²) in [6.45, 7) is 4.85. The molecule has 1 fully saturated rings. The van der Waals surface area contributed by atoms with E-state index in [-0.39, 0.29) is 11.8 Å². The number of hydrogen-bond donors (Lipinski definition) is 2. The molecule has 1 aromatic rings. The fourth-order valence-corrected chi connectivity index (χ4v) is 1.92. The molecule has 1 saturated carbocycles. The second kappa shape index (κ2) is 5.89. The first-order valence-corrected chi connectivity index (χ1v) is 6.80. The molecule has 0 spiro atoms. The van der Waals surface area contributed by atoms with Gasteiger partial charge < -0.3 is 10.6 Å². The van der Waals surface area contributed by atoms with Crippen LogP contribution in [0.25, 0.3) is 0 Å². The minimum absolute atomic E-state index is 0.0152. The lowest BCUT2D eigenvalue weighted by Gasteiger charge is -2.25. The van der Waals surface area contributed by atoms with Crippen LogP contribution in [0.3, 0.4) is 0 Å². The van der Waals surface area contributed by atoms with Gasteiger partial charge in [-0.3, -0.25) is 4.79 Å². The average Bonchev–Trinajstić information content (AvgIpc) is 2.29. The number of amides is 1. The van der Waals surface area contributed by atoms with Gasteiger partial charge in [-0.1, -0.05) is 20.3 Å². The molecule has 2 N–H and O–H groups in total. The molecule has 1 aromatic carbocycles. The Kier molecular flexibility index (Phi) is 4.24. The van der Waals surface area contributed by atoms with Crippen LogP contribution in [0, 0.1) is 11.8 Å². The van der Waals surface area contributed by atoms with Crippen molar-refractivity contribution in [1.82, 2.24) is 0 Å². The van der Waals surface area contributed by atoms with E-state index < -0.39 is 0 Å². The zero-order valence-corrected chi connectivity index (χ0v) is 11.2. The minimum atomic E-state index is 0.0152. The smallest absolute Gasteiger partial charge is 0.226 e. The quantitative estimate of drug-likeness (QED) is 0.835. The summed E-state index contributed by atoms with van der Waals surface area (Å²) in [5.74, 6) is 0.928. The van der Waals surface area contributed by atoms with Crippen molar-refractivity contribution in [3.63, 3.8) is 0 Å². The third kappa shape index (κ3) is 3.49. The second-order valence-electron chi connectivity index (χ2n) is 5.40. The van der Waals surface area contributed by atoms with Gasteiger partial charge in [-0.25, -0.2) is 0 Å². The fraction of sp³-hybridized carbons (Fsp3) is 0.533. The van der Waals surface area contributed by atoms with E-state index in [9.17, 15) is 4.79 Å². The summed E-state index contributed by atoms with van der Waals surface area (Å²) in [4.78, 5) is 11.5. The zero-order valence-electron chi connectivity index (χ0n) is 11.2. The largest absolute Gasteiger partial charge is 0.385 e. The van der Waals surface area contributed by atoms with E-state index >= 15 is 0 Å². The molecule has 3 nitrogen and oxygen atoms in total. The van der Waals surface area contributed by atoms with Crippen molar-refractivity contribution in [1.29, 1.82) is 0 Å². The summed E-state index contributed by atoms with van der Waals surface area (Å²) in [6.07, 6.45) is 4.09. The molecule has 1 aliphatic rings. The van der Waals surface area contributed by atoms with Crippen LogP contribution in [0.1, 0.15) is 33.1 Å². The van der Waals surface area contributed by atoms with Crippen molar-refractivity contribution >= 4 is 17.3 Å². The van der Waals surface area contributed by atoms with E-state index in [0.717, 1.165) is 23.8 Å². The average molecular weight is 246 g/mol. The van der Waals surface area contributed by atoms with Crippen molar-refractivity contribution in [3.8, 4) is 0 Å². The number of rotatable bonds is 5. The number of benzene rings is 1. The lowest BCUT2D eigenvalue weighted by atomic mass is 9.85. The van der Waals surface area contributed by atoms with Crippen molar-refractivity contribution in [2.24, 2.45) is 11.8 Å². The predicted molar refractivity (Wildman–Crippen MR) is 75.7 cm³/mol. The van der Waals surface area contributed by atoms with Crippen LogP contribution in [-0.2, 0) is 4.79 Å². The van der Waals surface area contributed by atoms with Crippen molar-refractivity contribution < 1.29 is 4.79 Å². The highest BCUT2D eigenvalue weighted by molar-refractivity contribution is 5.92. The van der Waals surface area contributed by atoms with Gasteiger partial charge in [0.25, 0.3) is 0 Å². The maximum Gasteiger partial charge on any atom is 0.226 e. The van der Waals surface area contributed by atoms with Gasteiger partial charge in [0.05, 0.1) is 0 Å². The van der Waals surface area contributed by atoms with Crippen molar-refractivity contribution in [2.75, 3.05) is 17.2 Å². The van der Waals surface area contributed by atoms with Gasteiger partial charge in [0.2, 0.25) is 5.91 Å². The third-order valence-electron chi connectivity index (χ3n) is 3.50. The Morgan fingerprint density at radius 1 is 1.22 bits per heavy atom. The van der Waals surface area contributed by atoms with Crippen LogP contribution in [0.4, 0.5) is 11.4 Å². The Morgan fingerprint density at radius 3 is 2.33 bits per heavy atom. The number of anilines is 2. The summed E-state index contributed by atoms with van der Waals surface area (Å²) in [6, 6.07) is 7.94. The SMILES string of the molecule is CC(C)C(=O)Nc1ccc(NCC2CCC2)cc1. The van der Waals surface area contributed by atoms with E-state index in [0.29, 0.717) is 0 Å². The molecule has 2 rings (SSSR count). The summed E-state index contributed by atoms with van der Waals surface area (Å²) in [5.41, 5.74) is 1.99. The molecule has 0 unspecified atom stereocenters. The summed E-state index contributed by atoms with van der Waals surface area (Å²) >= 11 is 0. The molecule has 0 bridgehead atoms. The molecule has 0 heterocycles. The Balaban J connectivity index is 1.82. The van der Waals surface area contributed by atoms with Gasteiger partial charge in [0.15, 0.2) is 0 Å². The number of carbonyl (C=O) groups excluding carboxylic acids is 1. The lowest BCUT2D eigenvalue weighted by Crippen LogP contribution is -2.21. The molecule has 18 heavy (non-hydrogen) atoms. The Hall–Kier alpha value is -1.51. The molecule has 98 valence electrons. The highest BCUT2D eigenvalue weighted by Crippen LogP contribution is 2.26. The third-order valence-corrected chi connectivity index (χ3v) is 3.50. The van der Waals surface area contributed by atoms with Gasteiger partial charge in [-0.2, -0.15) is 0 Å². The maximum atomic E-state index is 11.5. The van der Waals surface area contributed by atoms with Gasteiger partial charge >= 0.3 is 0 Å². The van der Waals surface area contributed by atoms with E-state index in [4.69, 9.17) is 0 Å². The van der Waals surface area contributed by atoms with E-state index in [1.54, 1.807) is 0 Å². The molecular weight excluding hydrogens is 224 g/mol. The predicted octanol–water partition coefficient (Wildman–Crippen LogP) is 3.49. The van der Waals surface area contributed by atoms with Crippen molar-refractivity contribution in [3.05, 3.63) is 24.3 Å². The van der Waals surface area contributed by atoms with E-state index in [1.807, 2.05) is 38.1 Å². The van der Waals surface area contributed by atoms with E-state index in [1.165, 1.54) is 19.3 Å². The van der Waals surface area contributed by atoms with Crippen LogP contribution >= 0.6 is 0 Å². The number of carbonyl (C=O) groups is 1. The molecular formula is C15H22N2O. The van der Waals surface area contributed by atoms with E-state index in [2.05, 4.69) is 10.6 Å². The Bertz CT molecular complexity index is 393. The lowest BCUT2D eigenvalue weighted by molar-refractivity contribution is -0.118. The first kappa shape index (κ1) is 12.9. The van der Waals surface area contributed by atoms with Crippen LogP contribution in [0.2, 0.25) is 0 Å². The van der Waals surface area contributed by atoms with Crippen LogP contribution in [0.5, 0.6) is 0 Å². The molecule has 0 radical (unpaired) electrons. The van der Waals surface area contributed by atoms with Crippen LogP contribution in [0.15, 0.2) is 24.3 Å². The molecule has 0 aromatic heterocycles. The molecule has 3 heteroatoms. The van der Waals surface area contributed by atoms with Crippen LogP contribution in [-0.4, -0.2) is 12.5 Å². The van der Waals surface area contributed by atoms with Gasteiger partial charge in [0.1, 0.15) is 0 Å². The first-order valence-electron chi connectivity index (χ1n) is 6.80. The van der Waals surface area contributed by atoms with Gasteiger partial charge in [0, 0.05) is 23.8 Å². The normalized spacial score (nSPS) is 15.3. The second-order valence-corrected chi connectivity index (χ2v) is 5.40. The van der Waals surface area contributed by atoms with Gasteiger partial charge in [-0.05, 0) is 43.0 Å². The standard InChI is InChI=1S/C15H22N2O/c1-11(2)15(18)17-14-8-6-13(7-9-14)16-10-12-4-3-5-12/h6-9,11-12,16H,3-5,10H2,1-2H3,(H,17,18). The first-order chi connectivity index (χ1) is 8.65. The fourth-order valence-electron chi connectivity index (χ4n) is 1.92. The molecule has 1 aliphatic carbocycles. The molecule has 0 atom stereocenters. The summed E-state index contributed by atoms with van der Waals surface area (Å²) < 4.78 is 0. The number of hydrogen-bond acceptors (Lipinski definition) is 2. The Labute approximate surface area is 109 Å². The minimum Gasteiger partial charge on any atom is -0.385 e. The maximum absolute atomic E-state index is 11.5. The highest BCUT2D eigenvalue weighted by atomic mass is 16.1. The zero-order chi connectivity index (χ0) is 13.0. The monoisotopic (exact) mass is 246 g/mol.